The van der Waals surface area contributed by atoms with Crippen LogP contribution in [0.4, 0.5) is 0 Å². The van der Waals surface area contributed by atoms with Crippen LogP contribution in [-0.4, -0.2) is 43.4 Å². The van der Waals surface area contributed by atoms with Crippen molar-refractivity contribution < 1.29 is 9.21 Å². The average Bonchev–Trinajstić information content (AvgIpc) is 3.28. The summed E-state index contributed by atoms with van der Waals surface area (Å²) in [5.41, 5.74) is 2.53. The molecule has 164 valence electrons. The molecule has 2 aromatic rings. The first kappa shape index (κ1) is 24.2. The lowest BCUT2D eigenvalue weighted by molar-refractivity contribution is -0.120. The molecule has 0 bridgehead atoms. The van der Waals surface area contributed by atoms with Gasteiger partial charge in [0, 0.05) is 20.1 Å². The fraction of sp³-hybridized carbons (Fsp3) is 0.455. The van der Waals surface area contributed by atoms with Gasteiger partial charge >= 0.3 is 0 Å². The number of amides is 1. The van der Waals surface area contributed by atoms with Crippen LogP contribution in [0.15, 0.2) is 52.1 Å². The van der Waals surface area contributed by atoms with Crippen molar-refractivity contribution in [2.45, 2.75) is 38.9 Å². The molecule has 1 aliphatic rings. The highest BCUT2D eigenvalue weighted by Gasteiger charge is 2.10. The number of carbonyl (C=O) groups excluding carboxylic acids is 1. The smallest absolute Gasteiger partial charge is 0.239 e. The lowest BCUT2D eigenvalue weighted by Crippen LogP contribution is -2.42. The Morgan fingerprint density at radius 3 is 2.40 bits per heavy atom. The summed E-state index contributed by atoms with van der Waals surface area (Å²) in [6.45, 7) is 4.63. The summed E-state index contributed by atoms with van der Waals surface area (Å²) in [5, 5.41) is 9.06. The fourth-order valence-corrected chi connectivity index (χ4v) is 3.37. The zero-order valence-corrected chi connectivity index (χ0v) is 19.9. The number of carbonyl (C=O) groups is 1. The van der Waals surface area contributed by atoms with Gasteiger partial charge in [-0.15, -0.1) is 24.0 Å². The molecular weight excluding hydrogens is 493 g/mol. The molecule has 0 aliphatic carbocycles. The molecule has 3 N–H and O–H groups in total. The molecule has 0 radical (unpaired) electrons. The maximum Gasteiger partial charge on any atom is 0.239 e. The van der Waals surface area contributed by atoms with Crippen LogP contribution < -0.4 is 16.0 Å². The van der Waals surface area contributed by atoms with Gasteiger partial charge in [-0.3, -0.25) is 14.7 Å². The third-order valence-electron chi connectivity index (χ3n) is 5.02. The molecule has 1 fully saturated rings. The van der Waals surface area contributed by atoms with Gasteiger partial charge in [-0.05, 0) is 49.2 Å². The topological polar surface area (TPSA) is 81.9 Å². The number of furan rings is 1. The monoisotopic (exact) mass is 525 g/mol. The number of hydrogen-bond donors (Lipinski definition) is 3. The molecule has 7 nitrogen and oxygen atoms in total. The van der Waals surface area contributed by atoms with E-state index in [1.54, 1.807) is 19.4 Å². The van der Waals surface area contributed by atoms with Gasteiger partial charge < -0.3 is 20.4 Å². The van der Waals surface area contributed by atoms with Crippen LogP contribution >= 0.6 is 24.0 Å². The number of hydrogen-bond acceptors (Lipinski definition) is 4. The van der Waals surface area contributed by atoms with Gasteiger partial charge in [0.15, 0.2) is 5.96 Å². The highest BCUT2D eigenvalue weighted by Crippen LogP contribution is 2.13. The molecule has 0 unspecified atom stereocenters. The number of guanidine groups is 1. The number of benzene rings is 1. The Balaban J connectivity index is 0.00000320. The number of piperidine rings is 1. The molecule has 1 aromatic carbocycles. The number of nitrogens with zero attached hydrogens (tertiary/aromatic N) is 2. The van der Waals surface area contributed by atoms with E-state index in [2.05, 4.69) is 50.1 Å². The third-order valence-corrected chi connectivity index (χ3v) is 5.02. The van der Waals surface area contributed by atoms with Crippen molar-refractivity contribution in [3.05, 3.63) is 59.5 Å². The van der Waals surface area contributed by atoms with Crippen molar-refractivity contribution in [3.8, 4) is 0 Å². The molecule has 2 heterocycles. The molecule has 8 heteroatoms. The van der Waals surface area contributed by atoms with Gasteiger partial charge in [0.25, 0.3) is 0 Å². The maximum absolute atomic E-state index is 11.9. The normalized spacial score (nSPS) is 14.6. The summed E-state index contributed by atoms with van der Waals surface area (Å²) in [7, 11) is 1.69. The number of halogens is 1. The minimum atomic E-state index is -0.119. The van der Waals surface area contributed by atoms with E-state index in [4.69, 9.17) is 4.42 Å². The van der Waals surface area contributed by atoms with E-state index >= 15 is 0 Å². The molecule has 0 atom stereocenters. The Hall–Kier alpha value is -2.07. The molecular formula is C22H32IN5O2. The van der Waals surface area contributed by atoms with Gasteiger partial charge in [0.1, 0.15) is 5.76 Å². The van der Waals surface area contributed by atoms with Crippen molar-refractivity contribution in [2.24, 2.45) is 4.99 Å². The van der Waals surface area contributed by atoms with Crippen LogP contribution in [-0.2, 0) is 24.4 Å². The zero-order valence-electron chi connectivity index (χ0n) is 17.5. The second-order valence-electron chi connectivity index (χ2n) is 7.29. The Morgan fingerprint density at radius 2 is 1.73 bits per heavy atom. The quantitative estimate of drug-likeness (QED) is 0.281. The first-order valence-corrected chi connectivity index (χ1v) is 10.3. The minimum absolute atomic E-state index is 0. The van der Waals surface area contributed by atoms with E-state index in [0.717, 1.165) is 12.3 Å². The molecule has 0 spiro atoms. The molecule has 1 saturated heterocycles. The second kappa shape index (κ2) is 13.3. The number of nitrogens with one attached hydrogen (secondary N) is 3. The second-order valence-corrected chi connectivity index (χ2v) is 7.29. The summed E-state index contributed by atoms with van der Waals surface area (Å²) in [5.74, 6) is 1.20. The lowest BCUT2D eigenvalue weighted by atomic mass is 10.1. The SMILES string of the molecule is CN=C(NCC(=O)NCc1ccco1)NCc1ccc(CN2CCCCC2)cc1.I. The zero-order chi connectivity index (χ0) is 20.3. The van der Waals surface area contributed by atoms with Gasteiger partial charge in [-0.1, -0.05) is 30.7 Å². The minimum Gasteiger partial charge on any atom is -0.467 e. The summed E-state index contributed by atoms with van der Waals surface area (Å²) in [6.07, 6.45) is 5.58. The van der Waals surface area contributed by atoms with E-state index in [0.29, 0.717) is 19.0 Å². The fourth-order valence-electron chi connectivity index (χ4n) is 3.37. The standard InChI is InChI=1S/C22H31N5O2.HI/c1-23-22(26-16-21(28)24-15-20-6-5-13-29-20)25-14-18-7-9-19(10-8-18)17-27-11-3-2-4-12-27;/h5-10,13H,2-4,11-12,14-17H2,1H3,(H,24,28)(H2,23,25,26);1H. The number of aliphatic imine (C=N–C) groups is 1. The van der Waals surface area contributed by atoms with Gasteiger partial charge in [-0.2, -0.15) is 0 Å². The lowest BCUT2D eigenvalue weighted by Gasteiger charge is -2.26. The molecule has 1 aromatic heterocycles. The van der Waals surface area contributed by atoms with Crippen LogP contribution in [0.2, 0.25) is 0 Å². The van der Waals surface area contributed by atoms with Gasteiger partial charge in [0.2, 0.25) is 5.91 Å². The largest absolute Gasteiger partial charge is 0.467 e. The van der Waals surface area contributed by atoms with Crippen LogP contribution in [0.25, 0.3) is 0 Å². The Labute approximate surface area is 195 Å². The Morgan fingerprint density at radius 1 is 1.00 bits per heavy atom. The molecule has 3 rings (SSSR count). The molecule has 30 heavy (non-hydrogen) atoms. The summed E-state index contributed by atoms with van der Waals surface area (Å²) in [4.78, 5) is 18.6. The van der Waals surface area contributed by atoms with Crippen LogP contribution in [0.1, 0.15) is 36.1 Å². The summed E-state index contributed by atoms with van der Waals surface area (Å²) < 4.78 is 5.20. The van der Waals surface area contributed by atoms with E-state index in [1.807, 2.05) is 6.07 Å². The first-order chi connectivity index (χ1) is 14.2. The Bertz CT molecular complexity index is 771. The summed E-state index contributed by atoms with van der Waals surface area (Å²) >= 11 is 0. The van der Waals surface area contributed by atoms with Crippen molar-refractivity contribution in [3.63, 3.8) is 0 Å². The van der Waals surface area contributed by atoms with Crippen LogP contribution in [0.3, 0.4) is 0 Å². The van der Waals surface area contributed by atoms with Crippen molar-refractivity contribution in [1.82, 2.24) is 20.9 Å². The average molecular weight is 525 g/mol. The van der Waals surface area contributed by atoms with Crippen LogP contribution in [0.5, 0.6) is 0 Å². The number of likely N-dealkylation sites (tertiary alicyclic amines) is 1. The predicted molar refractivity (Wildman–Crippen MR) is 130 cm³/mol. The van der Waals surface area contributed by atoms with E-state index in [1.165, 1.54) is 43.5 Å². The highest BCUT2D eigenvalue weighted by atomic mass is 127. The third kappa shape index (κ3) is 8.35. The van der Waals surface area contributed by atoms with E-state index in [9.17, 15) is 4.79 Å². The first-order valence-electron chi connectivity index (χ1n) is 10.3. The highest BCUT2D eigenvalue weighted by molar-refractivity contribution is 14.0. The van der Waals surface area contributed by atoms with Crippen molar-refractivity contribution >= 4 is 35.8 Å². The van der Waals surface area contributed by atoms with E-state index in [-0.39, 0.29) is 36.4 Å². The van der Waals surface area contributed by atoms with E-state index < -0.39 is 0 Å². The van der Waals surface area contributed by atoms with Gasteiger partial charge in [-0.25, -0.2) is 0 Å². The maximum atomic E-state index is 11.9. The van der Waals surface area contributed by atoms with Crippen molar-refractivity contribution in [1.29, 1.82) is 0 Å². The summed E-state index contributed by atoms with van der Waals surface area (Å²) in [6, 6.07) is 12.3. The molecule has 1 amide bonds. The number of rotatable bonds is 8. The van der Waals surface area contributed by atoms with Crippen LogP contribution in [0, 0.1) is 0 Å². The molecule has 1 aliphatic heterocycles. The Kier molecular flexibility index (Phi) is 10.7. The molecule has 0 saturated carbocycles. The predicted octanol–water partition coefficient (Wildman–Crippen LogP) is 2.86. The van der Waals surface area contributed by atoms with Gasteiger partial charge in [0.05, 0.1) is 19.4 Å². The van der Waals surface area contributed by atoms with Crippen molar-refractivity contribution in [2.75, 3.05) is 26.7 Å².